The van der Waals surface area contributed by atoms with Crippen molar-refractivity contribution in [3.63, 3.8) is 0 Å². The number of aliphatic hydroxyl groups excluding tert-OH is 1. The summed E-state index contributed by atoms with van der Waals surface area (Å²) < 4.78 is 5.92. The quantitative estimate of drug-likeness (QED) is 0.885. The average Bonchev–Trinajstić information content (AvgIpc) is 2.52. The Morgan fingerprint density at radius 1 is 1.00 bits per heavy atom. The van der Waals surface area contributed by atoms with Crippen LogP contribution in [0, 0.1) is 5.41 Å². The SMILES string of the molecule is CC(C)(C)[C@H](O)[C@H](N)c1ccccc1OCc1ccccc1. The molecule has 3 heteroatoms. The lowest BCUT2D eigenvalue weighted by Crippen LogP contribution is -2.37. The second-order valence-corrected chi connectivity index (χ2v) is 6.65. The van der Waals surface area contributed by atoms with Crippen LogP contribution in [0.15, 0.2) is 54.6 Å². The van der Waals surface area contributed by atoms with Gasteiger partial charge < -0.3 is 15.6 Å². The highest BCUT2D eigenvalue weighted by Gasteiger charge is 2.30. The zero-order valence-corrected chi connectivity index (χ0v) is 13.5. The molecule has 0 aromatic heterocycles. The number of para-hydroxylation sites is 1. The Morgan fingerprint density at radius 2 is 1.59 bits per heavy atom. The average molecular weight is 299 g/mol. The van der Waals surface area contributed by atoms with Crippen molar-refractivity contribution in [2.45, 2.75) is 39.5 Å². The van der Waals surface area contributed by atoms with E-state index in [4.69, 9.17) is 10.5 Å². The van der Waals surface area contributed by atoms with Crippen molar-refractivity contribution in [2.24, 2.45) is 11.1 Å². The fraction of sp³-hybridized carbons (Fsp3) is 0.368. The van der Waals surface area contributed by atoms with Gasteiger partial charge in [-0.15, -0.1) is 0 Å². The molecule has 22 heavy (non-hydrogen) atoms. The van der Waals surface area contributed by atoms with Crippen molar-refractivity contribution in [1.82, 2.24) is 0 Å². The van der Waals surface area contributed by atoms with Gasteiger partial charge in [0.25, 0.3) is 0 Å². The highest BCUT2D eigenvalue weighted by atomic mass is 16.5. The van der Waals surface area contributed by atoms with Crippen LogP contribution in [0.25, 0.3) is 0 Å². The van der Waals surface area contributed by atoms with Gasteiger partial charge in [0.15, 0.2) is 0 Å². The van der Waals surface area contributed by atoms with Crippen molar-refractivity contribution in [3.05, 3.63) is 65.7 Å². The minimum absolute atomic E-state index is 0.286. The summed E-state index contributed by atoms with van der Waals surface area (Å²) in [6, 6.07) is 17.2. The van der Waals surface area contributed by atoms with Gasteiger partial charge in [0.2, 0.25) is 0 Å². The van der Waals surface area contributed by atoms with E-state index in [1.165, 1.54) is 0 Å². The van der Waals surface area contributed by atoms with Gasteiger partial charge in [-0.3, -0.25) is 0 Å². The summed E-state index contributed by atoms with van der Waals surface area (Å²) in [5.74, 6) is 0.724. The highest BCUT2D eigenvalue weighted by Crippen LogP contribution is 2.33. The van der Waals surface area contributed by atoms with Gasteiger partial charge in [-0.2, -0.15) is 0 Å². The summed E-state index contributed by atoms with van der Waals surface area (Å²) in [5, 5.41) is 10.4. The van der Waals surface area contributed by atoms with Gasteiger partial charge in [-0.25, -0.2) is 0 Å². The lowest BCUT2D eigenvalue weighted by molar-refractivity contribution is 0.0392. The molecule has 2 rings (SSSR count). The van der Waals surface area contributed by atoms with Gasteiger partial charge >= 0.3 is 0 Å². The molecule has 0 bridgehead atoms. The highest BCUT2D eigenvalue weighted by molar-refractivity contribution is 5.37. The van der Waals surface area contributed by atoms with E-state index in [-0.39, 0.29) is 5.41 Å². The molecule has 2 atom stereocenters. The first-order valence-corrected chi connectivity index (χ1v) is 7.59. The molecule has 0 heterocycles. The minimum atomic E-state index is -0.644. The second kappa shape index (κ2) is 6.95. The lowest BCUT2D eigenvalue weighted by Gasteiger charge is -2.31. The second-order valence-electron chi connectivity index (χ2n) is 6.65. The molecule has 0 saturated carbocycles. The van der Waals surface area contributed by atoms with Gasteiger partial charge in [0.05, 0.1) is 12.1 Å². The third-order valence-corrected chi connectivity index (χ3v) is 3.74. The van der Waals surface area contributed by atoms with Crippen LogP contribution in [0.4, 0.5) is 0 Å². The largest absolute Gasteiger partial charge is 0.489 e. The van der Waals surface area contributed by atoms with Crippen LogP contribution in [0.2, 0.25) is 0 Å². The molecule has 2 aromatic carbocycles. The molecule has 2 aromatic rings. The van der Waals surface area contributed by atoms with E-state index in [1.807, 2.05) is 75.4 Å². The number of benzene rings is 2. The predicted octanol–water partition coefficient (Wildman–Crippen LogP) is 3.67. The van der Waals surface area contributed by atoms with E-state index >= 15 is 0 Å². The molecule has 3 nitrogen and oxygen atoms in total. The lowest BCUT2D eigenvalue weighted by atomic mass is 9.82. The number of ether oxygens (including phenoxy) is 1. The van der Waals surface area contributed by atoms with Crippen LogP contribution in [0.3, 0.4) is 0 Å². The number of aliphatic hydroxyl groups is 1. The molecule has 0 amide bonds. The summed E-state index contributed by atoms with van der Waals surface area (Å²) in [7, 11) is 0. The van der Waals surface area contributed by atoms with Crippen molar-refractivity contribution in [1.29, 1.82) is 0 Å². The third kappa shape index (κ3) is 4.09. The van der Waals surface area contributed by atoms with E-state index in [2.05, 4.69) is 0 Å². The number of nitrogens with two attached hydrogens (primary N) is 1. The van der Waals surface area contributed by atoms with Crippen LogP contribution in [-0.2, 0) is 6.61 Å². The van der Waals surface area contributed by atoms with Crippen LogP contribution in [0.1, 0.15) is 37.9 Å². The molecular formula is C19H25NO2. The van der Waals surface area contributed by atoms with Crippen LogP contribution < -0.4 is 10.5 Å². The Hall–Kier alpha value is -1.84. The molecule has 0 fully saturated rings. The van der Waals surface area contributed by atoms with Crippen molar-refractivity contribution >= 4 is 0 Å². The minimum Gasteiger partial charge on any atom is -0.489 e. The van der Waals surface area contributed by atoms with Crippen molar-refractivity contribution in [2.75, 3.05) is 0 Å². The maximum Gasteiger partial charge on any atom is 0.124 e. The fourth-order valence-corrected chi connectivity index (χ4v) is 2.33. The molecule has 0 unspecified atom stereocenters. The van der Waals surface area contributed by atoms with E-state index in [1.54, 1.807) is 0 Å². The Kier molecular flexibility index (Phi) is 5.22. The predicted molar refractivity (Wildman–Crippen MR) is 89.6 cm³/mol. The summed E-state index contributed by atoms with van der Waals surface area (Å²) >= 11 is 0. The number of rotatable bonds is 5. The van der Waals surface area contributed by atoms with Crippen molar-refractivity contribution in [3.8, 4) is 5.75 Å². The number of hydrogen-bond donors (Lipinski definition) is 2. The zero-order valence-electron chi connectivity index (χ0n) is 13.5. The third-order valence-electron chi connectivity index (χ3n) is 3.74. The van der Waals surface area contributed by atoms with Crippen LogP contribution in [-0.4, -0.2) is 11.2 Å². The molecular weight excluding hydrogens is 274 g/mol. The molecule has 0 aliphatic rings. The first-order valence-electron chi connectivity index (χ1n) is 7.59. The van der Waals surface area contributed by atoms with E-state index in [0.717, 1.165) is 16.9 Å². The van der Waals surface area contributed by atoms with E-state index < -0.39 is 12.1 Å². The summed E-state index contributed by atoms with van der Waals surface area (Å²) in [4.78, 5) is 0. The van der Waals surface area contributed by atoms with E-state index in [0.29, 0.717) is 6.61 Å². The van der Waals surface area contributed by atoms with Crippen molar-refractivity contribution < 1.29 is 9.84 Å². The Balaban J connectivity index is 2.16. The monoisotopic (exact) mass is 299 g/mol. The maximum absolute atomic E-state index is 10.4. The normalized spacial score (nSPS) is 14.4. The van der Waals surface area contributed by atoms with Gasteiger partial charge in [-0.05, 0) is 17.0 Å². The molecule has 3 N–H and O–H groups in total. The van der Waals surface area contributed by atoms with Crippen LogP contribution >= 0.6 is 0 Å². The summed E-state index contributed by atoms with van der Waals surface area (Å²) in [5.41, 5.74) is 7.91. The topological polar surface area (TPSA) is 55.5 Å². The van der Waals surface area contributed by atoms with Crippen LogP contribution in [0.5, 0.6) is 5.75 Å². The van der Waals surface area contributed by atoms with Gasteiger partial charge in [0.1, 0.15) is 12.4 Å². The number of hydrogen-bond acceptors (Lipinski definition) is 3. The maximum atomic E-state index is 10.4. The molecule has 0 aliphatic heterocycles. The van der Waals surface area contributed by atoms with Gasteiger partial charge in [0, 0.05) is 5.56 Å². The molecule has 0 aliphatic carbocycles. The Bertz CT molecular complexity index is 590. The zero-order chi connectivity index (χ0) is 16.2. The van der Waals surface area contributed by atoms with E-state index in [9.17, 15) is 5.11 Å². The van der Waals surface area contributed by atoms with Gasteiger partial charge in [-0.1, -0.05) is 69.3 Å². The fourth-order valence-electron chi connectivity index (χ4n) is 2.33. The molecule has 118 valence electrons. The smallest absolute Gasteiger partial charge is 0.124 e. The molecule has 0 spiro atoms. The standard InChI is InChI=1S/C19H25NO2/c1-19(2,3)18(21)17(20)15-11-7-8-12-16(15)22-13-14-9-5-4-6-10-14/h4-12,17-18,21H,13,20H2,1-3H3/t17-,18-/m1/s1. The Labute approximate surface area is 132 Å². The first kappa shape index (κ1) is 16.5. The summed E-state index contributed by atoms with van der Waals surface area (Å²) in [6.45, 7) is 6.41. The molecule has 0 saturated heterocycles. The summed E-state index contributed by atoms with van der Waals surface area (Å²) in [6.07, 6.45) is -0.644. The first-order chi connectivity index (χ1) is 10.4. The Morgan fingerprint density at radius 3 is 2.23 bits per heavy atom. The molecule has 0 radical (unpaired) electrons.